The van der Waals surface area contributed by atoms with Crippen LogP contribution in [0, 0.1) is 17.1 Å². The van der Waals surface area contributed by atoms with Crippen LogP contribution in [-0.4, -0.2) is 26.6 Å². The average molecular weight is 449 g/mol. The summed E-state index contributed by atoms with van der Waals surface area (Å²) < 4.78 is 38.6. The number of nitrogens with zero attached hydrogens (tertiary/aromatic N) is 4. The van der Waals surface area contributed by atoms with E-state index in [9.17, 15) is 18.7 Å². The smallest absolute Gasteiger partial charge is 0.354 e. The molecule has 3 N–H and O–H groups in total. The molecule has 1 aromatic carbocycles. The maximum atomic E-state index is 14.9. The fourth-order valence-electron chi connectivity index (χ4n) is 3.47. The van der Waals surface area contributed by atoms with E-state index in [2.05, 4.69) is 14.8 Å². The van der Waals surface area contributed by atoms with Crippen molar-refractivity contribution < 1.29 is 18.1 Å². The molecule has 0 saturated heterocycles. The van der Waals surface area contributed by atoms with Gasteiger partial charge in [-0.25, -0.2) is 23.2 Å². The minimum absolute atomic E-state index is 0.0292. The van der Waals surface area contributed by atoms with Crippen molar-refractivity contribution in [2.45, 2.75) is 57.4 Å². The number of halogens is 1. The standard InChI is InChI=1S/C20H25FN6O3S/c1-11(2)14-8-13(9-22)17(21)16(12(3)4)18(14)25-20(28)26-31(23,29)15-10-24-27-6-5-7-30-19(15)27/h8,10-12H,5-7H2,1-4H3,(H3,23,25,26,28,29). The van der Waals surface area contributed by atoms with Gasteiger partial charge in [0.2, 0.25) is 5.88 Å². The molecule has 2 aromatic rings. The van der Waals surface area contributed by atoms with E-state index in [4.69, 9.17) is 9.88 Å². The zero-order valence-corrected chi connectivity index (χ0v) is 18.6. The Labute approximate surface area is 180 Å². The summed E-state index contributed by atoms with van der Waals surface area (Å²) in [5.41, 5.74) is 0.855. The number of nitrogens with one attached hydrogen (secondary N) is 1. The number of hydrogen-bond donors (Lipinski definition) is 2. The van der Waals surface area contributed by atoms with Crippen LogP contribution in [-0.2, 0) is 16.5 Å². The quantitative estimate of drug-likeness (QED) is 0.732. The number of aryl methyl sites for hydroxylation is 1. The van der Waals surface area contributed by atoms with Gasteiger partial charge >= 0.3 is 6.03 Å². The van der Waals surface area contributed by atoms with E-state index in [-0.39, 0.29) is 39.4 Å². The molecule has 1 aliphatic rings. The molecule has 166 valence electrons. The minimum atomic E-state index is -3.66. The number of benzene rings is 1. The lowest BCUT2D eigenvalue weighted by atomic mass is 9.90. The van der Waals surface area contributed by atoms with Crippen molar-refractivity contribution in [3.63, 3.8) is 0 Å². The van der Waals surface area contributed by atoms with Gasteiger partial charge in [-0.05, 0) is 23.5 Å². The Hall–Kier alpha value is -2.97. The number of amides is 2. The first-order valence-corrected chi connectivity index (χ1v) is 11.5. The molecule has 0 aliphatic carbocycles. The summed E-state index contributed by atoms with van der Waals surface area (Å²) in [6.45, 7) is 8.21. The molecule has 1 aromatic heterocycles. The second-order valence-electron chi connectivity index (χ2n) is 7.87. The summed E-state index contributed by atoms with van der Waals surface area (Å²) in [7, 11) is -3.66. The maximum absolute atomic E-state index is 14.9. The molecule has 11 heteroatoms. The first-order chi connectivity index (χ1) is 14.6. The molecule has 1 unspecified atom stereocenters. The van der Waals surface area contributed by atoms with Crippen molar-refractivity contribution in [1.82, 2.24) is 9.78 Å². The van der Waals surface area contributed by atoms with Crippen LogP contribution < -0.4 is 15.2 Å². The number of carbonyl (C=O) groups is 1. The Morgan fingerprint density at radius 1 is 1.42 bits per heavy atom. The topological polar surface area (TPSA) is 135 Å². The summed E-state index contributed by atoms with van der Waals surface area (Å²) in [6, 6.07) is 2.27. The third-order valence-corrected chi connectivity index (χ3v) is 6.28. The highest BCUT2D eigenvalue weighted by molar-refractivity contribution is 7.91. The molecule has 2 amide bonds. The predicted octanol–water partition coefficient (Wildman–Crippen LogP) is 3.86. The van der Waals surface area contributed by atoms with Gasteiger partial charge in [0.25, 0.3) is 0 Å². The van der Waals surface area contributed by atoms with Gasteiger partial charge in [-0.15, -0.1) is 4.36 Å². The van der Waals surface area contributed by atoms with Gasteiger partial charge in [0.15, 0.2) is 9.92 Å². The Morgan fingerprint density at radius 2 is 2.13 bits per heavy atom. The van der Waals surface area contributed by atoms with Crippen LogP contribution >= 0.6 is 0 Å². The lowest BCUT2D eigenvalue weighted by Crippen LogP contribution is -2.21. The third kappa shape index (κ3) is 4.40. The first-order valence-electron chi connectivity index (χ1n) is 9.87. The van der Waals surface area contributed by atoms with Gasteiger partial charge in [-0.2, -0.15) is 10.4 Å². The van der Waals surface area contributed by atoms with E-state index in [0.717, 1.165) is 6.42 Å². The van der Waals surface area contributed by atoms with Gasteiger partial charge in [0.1, 0.15) is 16.8 Å². The number of urea groups is 1. The minimum Gasteiger partial charge on any atom is -0.477 e. The van der Waals surface area contributed by atoms with Crippen LogP contribution in [0.25, 0.3) is 0 Å². The van der Waals surface area contributed by atoms with E-state index < -0.39 is 21.8 Å². The molecule has 0 fully saturated rings. The second-order valence-corrected chi connectivity index (χ2v) is 9.63. The van der Waals surface area contributed by atoms with Crippen molar-refractivity contribution in [3.05, 3.63) is 34.8 Å². The highest BCUT2D eigenvalue weighted by atomic mass is 32.2. The molecule has 9 nitrogen and oxygen atoms in total. The molecule has 0 radical (unpaired) electrons. The highest BCUT2D eigenvalue weighted by Gasteiger charge is 2.26. The van der Waals surface area contributed by atoms with E-state index in [0.29, 0.717) is 18.7 Å². The average Bonchev–Trinajstić information content (AvgIpc) is 3.12. The summed E-state index contributed by atoms with van der Waals surface area (Å²) >= 11 is 0. The number of carbonyl (C=O) groups excluding carboxylic acids is 1. The van der Waals surface area contributed by atoms with Crippen LogP contribution in [0.3, 0.4) is 0 Å². The predicted molar refractivity (Wildman–Crippen MR) is 114 cm³/mol. The molecule has 3 rings (SSSR count). The molecular formula is C20H25FN6O3S. The molecule has 1 atom stereocenters. The first kappa shape index (κ1) is 22.7. The monoisotopic (exact) mass is 448 g/mol. The van der Waals surface area contributed by atoms with E-state index in [1.807, 2.05) is 19.9 Å². The van der Waals surface area contributed by atoms with Crippen LogP contribution in [0.2, 0.25) is 0 Å². The Morgan fingerprint density at radius 3 is 2.74 bits per heavy atom. The Balaban J connectivity index is 2.05. The molecule has 2 heterocycles. The lowest BCUT2D eigenvalue weighted by molar-refractivity contribution is 0.224. The van der Waals surface area contributed by atoms with Crippen molar-refractivity contribution in [2.24, 2.45) is 9.50 Å². The number of ether oxygens (including phenoxy) is 1. The molecule has 1 aliphatic heterocycles. The lowest BCUT2D eigenvalue weighted by Gasteiger charge is -2.21. The Kier molecular flexibility index (Phi) is 6.33. The second kappa shape index (κ2) is 8.64. The van der Waals surface area contributed by atoms with E-state index in [1.165, 1.54) is 16.9 Å². The van der Waals surface area contributed by atoms with Gasteiger partial charge in [0, 0.05) is 18.5 Å². The fourth-order valence-corrected chi connectivity index (χ4v) is 4.47. The number of hydrogen-bond acceptors (Lipinski definition) is 5. The highest BCUT2D eigenvalue weighted by Crippen LogP contribution is 2.36. The Bertz CT molecular complexity index is 1190. The summed E-state index contributed by atoms with van der Waals surface area (Å²) in [6.07, 6.45) is 2.03. The molecule has 31 heavy (non-hydrogen) atoms. The van der Waals surface area contributed by atoms with Gasteiger partial charge in [0.05, 0.1) is 24.1 Å². The zero-order valence-electron chi connectivity index (χ0n) is 17.8. The fraction of sp³-hybridized carbons (Fsp3) is 0.450. The van der Waals surface area contributed by atoms with Crippen molar-refractivity contribution in [3.8, 4) is 11.9 Å². The van der Waals surface area contributed by atoms with Gasteiger partial charge in [-0.3, -0.25) is 0 Å². The van der Waals surface area contributed by atoms with Crippen LogP contribution in [0.1, 0.15) is 62.6 Å². The van der Waals surface area contributed by atoms with Crippen LogP contribution in [0.15, 0.2) is 21.5 Å². The number of fused-ring (bicyclic) bond motifs is 1. The van der Waals surface area contributed by atoms with Crippen LogP contribution in [0.4, 0.5) is 14.9 Å². The number of aromatic nitrogens is 2. The molecule has 0 spiro atoms. The van der Waals surface area contributed by atoms with Gasteiger partial charge in [-0.1, -0.05) is 27.7 Å². The molecular weight excluding hydrogens is 423 g/mol. The SMILES string of the molecule is CC(C)c1cc(C#N)c(F)c(C(C)C)c1NC(=O)N=S(N)(=O)c1cnn2c1OCCC2. The number of nitriles is 1. The normalized spacial score (nSPS) is 15.1. The maximum Gasteiger partial charge on any atom is 0.354 e. The zero-order chi connectivity index (χ0) is 22.9. The summed E-state index contributed by atoms with van der Waals surface area (Å²) in [5, 5.41) is 21.8. The van der Waals surface area contributed by atoms with Crippen molar-refractivity contribution in [1.29, 1.82) is 5.26 Å². The van der Waals surface area contributed by atoms with E-state index >= 15 is 0 Å². The largest absolute Gasteiger partial charge is 0.477 e. The van der Waals surface area contributed by atoms with Crippen LogP contribution in [0.5, 0.6) is 5.88 Å². The summed E-state index contributed by atoms with van der Waals surface area (Å²) in [5.74, 6) is -0.937. The van der Waals surface area contributed by atoms with Crippen molar-refractivity contribution >= 4 is 21.6 Å². The van der Waals surface area contributed by atoms with Gasteiger partial charge < -0.3 is 10.1 Å². The molecule has 0 saturated carbocycles. The number of rotatable bonds is 4. The molecule has 0 bridgehead atoms. The number of nitrogens with two attached hydrogens (primary N) is 1. The number of anilines is 1. The van der Waals surface area contributed by atoms with Crippen molar-refractivity contribution in [2.75, 3.05) is 11.9 Å². The third-order valence-electron chi connectivity index (χ3n) is 4.93. The summed E-state index contributed by atoms with van der Waals surface area (Å²) in [4.78, 5) is 12.7. The van der Waals surface area contributed by atoms with E-state index in [1.54, 1.807) is 13.8 Å².